The predicted octanol–water partition coefficient (Wildman–Crippen LogP) is 2.41. The molecule has 0 radical (unpaired) electrons. The second-order valence-corrected chi connectivity index (χ2v) is 8.34. The van der Waals surface area contributed by atoms with Gasteiger partial charge in [0, 0.05) is 11.8 Å². The topological polar surface area (TPSA) is 74.8 Å². The number of benzene rings is 2. The molecule has 2 unspecified atom stereocenters. The van der Waals surface area contributed by atoms with E-state index in [1.807, 2.05) is 24.3 Å². The van der Waals surface area contributed by atoms with Crippen molar-refractivity contribution in [2.45, 2.75) is 0 Å². The van der Waals surface area contributed by atoms with Crippen molar-refractivity contribution < 1.29 is 19.2 Å². The van der Waals surface area contributed by atoms with Crippen LogP contribution in [-0.4, -0.2) is 23.6 Å². The predicted molar refractivity (Wildman–Crippen MR) is 108 cm³/mol. The van der Waals surface area contributed by atoms with Gasteiger partial charge >= 0.3 is 0 Å². The molecule has 30 heavy (non-hydrogen) atoms. The van der Waals surface area contributed by atoms with Crippen LogP contribution in [0.15, 0.2) is 72.8 Å². The molecule has 3 aliphatic carbocycles. The monoisotopic (exact) mass is 398 g/mol. The zero-order valence-corrected chi connectivity index (χ0v) is 15.9. The smallest absolute Gasteiger partial charge is 0.238 e. The van der Waals surface area contributed by atoms with Crippen LogP contribution in [0.2, 0.25) is 0 Å². The molecule has 2 aromatic rings. The first kappa shape index (κ1) is 17.3. The summed E-state index contributed by atoms with van der Waals surface area (Å²) in [5, 5.41) is 0. The van der Waals surface area contributed by atoms with Crippen LogP contribution in [0.1, 0.15) is 0 Å². The number of para-hydroxylation sites is 2. The molecule has 2 bridgehead atoms. The Labute approximate surface area is 172 Å². The number of carbonyl (C=O) groups excluding carboxylic acids is 4. The van der Waals surface area contributed by atoms with Gasteiger partial charge in [-0.15, -0.1) is 0 Å². The minimum Gasteiger partial charge on any atom is -0.274 e. The number of imide groups is 2. The van der Waals surface area contributed by atoms with E-state index >= 15 is 0 Å². The van der Waals surface area contributed by atoms with E-state index in [1.165, 1.54) is 9.80 Å². The van der Waals surface area contributed by atoms with E-state index in [0.717, 1.165) is 0 Å². The van der Waals surface area contributed by atoms with E-state index in [0.29, 0.717) is 11.4 Å². The van der Waals surface area contributed by atoms with Crippen molar-refractivity contribution in [3.05, 3.63) is 72.8 Å². The van der Waals surface area contributed by atoms with Crippen molar-refractivity contribution in [1.29, 1.82) is 0 Å². The van der Waals surface area contributed by atoms with Crippen molar-refractivity contribution in [2.24, 2.45) is 35.5 Å². The summed E-state index contributed by atoms with van der Waals surface area (Å²) in [6.07, 6.45) is 3.76. The zero-order chi connectivity index (χ0) is 20.6. The Hall–Kier alpha value is -3.54. The van der Waals surface area contributed by atoms with Crippen molar-refractivity contribution >= 4 is 35.0 Å². The van der Waals surface area contributed by atoms with Gasteiger partial charge in [0.1, 0.15) is 0 Å². The molecule has 1 saturated carbocycles. The molecule has 7 rings (SSSR count). The van der Waals surface area contributed by atoms with Gasteiger partial charge in [0.25, 0.3) is 0 Å². The average molecular weight is 398 g/mol. The van der Waals surface area contributed by atoms with Crippen LogP contribution in [0.4, 0.5) is 11.4 Å². The fourth-order valence-corrected chi connectivity index (χ4v) is 5.89. The molecule has 2 saturated heterocycles. The Morgan fingerprint density at radius 2 is 0.767 bits per heavy atom. The summed E-state index contributed by atoms with van der Waals surface area (Å²) >= 11 is 0. The Kier molecular flexibility index (Phi) is 3.46. The van der Waals surface area contributed by atoms with Crippen LogP contribution in [0.3, 0.4) is 0 Å². The largest absolute Gasteiger partial charge is 0.274 e. The number of carbonyl (C=O) groups is 4. The molecule has 6 heteroatoms. The van der Waals surface area contributed by atoms with E-state index < -0.39 is 35.5 Å². The van der Waals surface area contributed by atoms with E-state index in [1.54, 1.807) is 48.5 Å². The van der Waals surface area contributed by atoms with Gasteiger partial charge in [-0.1, -0.05) is 48.6 Å². The maximum absolute atomic E-state index is 13.3. The maximum atomic E-state index is 13.3. The van der Waals surface area contributed by atoms with E-state index in [2.05, 4.69) is 0 Å². The van der Waals surface area contributed by atoms with Gasteiger partial charge in [-0.25, -0.2) is 0 Å². The van der Waals surface area contributed by atoms with Gasteiger partial charge < -0.3 is 0 Å². The number of allylic oxidation sites excluding steroid dienone is 2. The molecule has 2 aromatic carbocycles. The number of hydrogen-bond acceptors (Lipinski definition) is 4. The third-order valence-electron chi connectivity index (χ3n) is 7.04. The fourth-order valence-electron chi connectivity index (χ4n) is 5.89. The van der Waals surface area contributed by atoms with Crippen molar-refractivity contribution in [3.63, 3.8) is 0 Å². The highest BCUT2D eigenvalue weighted by Crippen LogP contribution is 2.58. The number of amides is 4. The molecule has 2 heterocycles. The molecule has 3 fully saturated rings. The first-order valence-electron chi connectivity index (χ1n) is 10.1. The third kappa shape index (κ3) is 2.03. The van der Waals surface area contributed by atoms with Gasteiger partial charge in [-0.3, -0.25) is 29.0 Å². The van der Waals surface area contributed by atoms with E-state index in [4.69, 9.17) is 0 Å². The summed E-state index contributed by atoms with van der Waals surface area (Å²) < 4.78 is 0. The van der Waals surface area contributed by atoms with Crippen molar-refractivity contribution in [3.8, 4) is 0 Å². The first-order chi connectivity index (χ1) is 14.6. The number of nitrogens with zero attached hydrogens (tertiary/aromatic N) is 2. The van der Waals surface area contributed by atoms with Crippen LogP contribution in [0.25, 0.3) is 0 Å². The standard InChI is InChI=1S/C24H18N2O4/c27-21-17-15-11-12-16(18(17)22(28)25(21)13-7-3-1-4-8-13)20-19(15)23(29)26(24(20)30)14-9-5-2-6-10-14/h1-12,15-20H/t15?,16?,17-,18-,19-,20+/m0/s1. The first-order valence-corrected chi connectivity index (χ1v) is 10.1. The van der Waals surface area contributed by atoms with Crippen molar-refractivity contribution in [2.75, 3.05) is 9.80 Å². The molecule has 6 atom stereocenters. The number of hydrogen-bond donors (Lipinski definition) is 0. The fraction of sp³-hybridized carbons (Fsp3) is 0.250. The lowest BCUT2D eigenvalue weighted by Crippen LogP contribution is -2.50. The van der Waals surface area contributed by atoms with Crippen LogP contribution >= 0.6 is 0 Å². The molecule has 148 valence electrons. The Morgan fingerprint density at radius 3 is 1.07 bits per heavy atom. The number of anilines is 2. The van der Waals surface area contributed by atoms with Gasteiger partial charge in [0.2, 0.25) is 23.6 Å². The average Bonchev–Trinajstić information content (AvgIpc) is 3.22. The number of rotatable bonds is 2. The normalized spacial score (nSPS) is 34.0. The van der Waals surface area contributed by atoms with E-state index in [-0.39, 0.29) is 23.6 Å². The second-order valence-electron chi connectivity index (χ2n) is 8.34. The Balaban J connectivity index is 1.42. The third-order valence-corrected chi connectivity index (χ3v) is 7.04. The molecule has 0 N–H and O–H groups in total. The van der Waals surface area contributed by atoms with Gasteiger partial charge in [-0.05, 0) is 24.3 Å². The molecule has 4 amide bonds. The highest BCUT2D eigenvalue weighted by molar-refractivity contribution is 6.26. The lowest BCUT2D eigenvalue weighted by atomic mass is 9.54. The molecule has 6 nitrogen and oxygen atoms in total. The highest BCUT2D eigenvalue weighted by Gasteiger charge is 2.68. The quantitative estimate of drug-likeness (QED) is 0.575. The van der Waals surface area contributed by atoms with Gasteiger partial charge in [0.05, 0.1) is 35.0 Å². The summed E-state index contributed by atoms with van der Waals surface area (Å²) in [6.45, 7) is 0. The summed E-state index contributed by atoms with van der Waals surface area (Å²) in [5.41, 5.74) is 1.07. The maximum Gasteiger partial charge on any atom is 0.238 e. The van der Waals surface area contributed by atoms with Crippen LogP contribution in [0.5, 0.6) is 0 Å². The summed E-state index contributed by atoms with van der Waals surface area (Å²) in [7, 11) is 0. The molecule has 0 aromatic heterocycles. The van der Waals surface area contributed by atoms with Crippen LogP contribution < -0.4 is 9.80 Å². The van der Waals surface area contributed by atoms with Crippen LogP contribution in [-0.2, 0) is 19.2 Å². The van der Waals surface area contributed by atoms with Crippen molar-refractivity contribution in [1.82, 2.24) is 0 Å². The summed E-state index contributed by atoms with van der Waals surface area (Å²) in [6, 6.07) is 17.7. The summed E-state index contributed by atoms with van der Waals surface area (Å²) in [4.78, 5) is 55.8. The molecular formula is C24H18N2O4. The second kappa shape index (κ2) is 5.98. The van der Waals surface area contributed by atoms with Gasteiger partial charge in [-0.2, -0.15) is 0 Å². The van der Waals surface area contributed by atoms with Crippen LogP contribution in [0, 0.1) is 35.5 Å². The Bertz CT molecular complexity index is 993. The SMILES string of the molecule is O=C1[C@@H]2C3C=CC([C@@H]2C(=O)N1c1ccccc1)[C@@H]1C(=O)N(c2ccccc2)C(=O)[C@@H]31. The lowest BCUT2D eigenvalue weighted by Gasteiger charge is -2.44. The molecule has 5 aliphatic rings. The Morgan fingerprint density at radius 1 is 0.467 bits per heavy atom. The highest BCUT2D eigenvalue weighted by atomic mass is 16.2. The summed E-state index contributed by atoms with van der Waals surface area (Å²) in [5.74, 6) is -4.36. The van der Waals surface area contributed by atoms with Gasteiger partial charge in [0.15, 0.2) is 0 Å². The van der Waals surface area contributed by atoms with E-state index in [9.17, 15) is 19.2 Å². The molecular weight excluding hydrogens is 380 g/mol. The minimum atomic E-state index is -0.596. The molecule has 2 aliphatic heterocycles. The minimum absolute atomic E-state index is 0.271. The lowest BCUT2D eigenvalue weighted by molar-refractivity contribution is -0.137. The molecule has 0 spiro atoms. The zero-order valence-electron chi connectivity index (χ0n) is 15.9.